The lowest BCUT2D eigenvalue weighted by molar-refractivity contribution is -0.119. The first-order valence-corrected chi connectivity index (χ1v) is 5.73. The normalized spacial score (nSPS) is 13.6. The zero-order valence-corrected chi connectivity index (χ0v) is 10.4. The van der Waals surface area contributed by atoms with Crippen LogP contribution in [0.1, 0.15) is 52.9 Å². The third-order valence-electron chi connectivity index (χ3n) is 2.23. The molecule has 0 spiro atoms. The Morgan fingerprint density at radius 2 is 2.07 bits per heavy atom. The lowest BCUT2D eigenvalue weighted by atomic mass is 9.86. The highest BCUT2D eigenvalue weighted by Gasteiger charge is 2.17. The van der Waals surface area contributed by atoms with Crippen LogP contribution in [0.15, 0.2) is 12.7 Å². The van der Waals surface area contributed by atoms with Crippen molar-refractivity contribution < 1.29 is 4.79 Å². The second-order valence-electron chi connectivity index (χ2n) is 5.45. The van der Waals surface area contributed by atoms with Crippen LogP contribution in [-0.2, 0) is 4.79 Å². The number of carbonyl (C=O) groups excluding carboxylic acids is 1. The lowest BCUT2D eigenvalue weighted by Crippen LogP contribution is -2.28. The Balaban J connectivity index is 3.71. The molecule has 0 bridgehead atoms. The summed E-state index contributed by atoms with van der Waals surface area (Å²) in [4.78, 5) is 11.5. The van der Waals surface area contributed by atoms with E-state index in [0.29, 0.717) is 12.8 Å². The third kappa shape index (κ3) is 9.67. The van der Waals surface area contributed by atoms with Crippen molar-refractivity contribution >= 4 is 5.78 Å². The maximum atomic E-state index is 11.5. The van der Waals surface area contributed by atoms with Gasteiger partial charge in [0.05, 0.1) is 0 Å². The standard InChI is InChI=1S/C13H25NO/c1-5-6-7-8-12(15)9-11(14)10-13(2,3)4/h5,11H,1,6-10,14H2,2-4H3. The van der Waals surface area contributed by atoms with Gasteiger partial charge in [-0.3, -0.25) is 4.79 Å². The largest absolute Gasteiger partial charge is 0.327 e. The Labute approximate surface area is 93.9 Å². The Morgan fingerprint density at radius 1 is 1.47 bits per heavy atom. The van der Waals surface area contributed by atoms with Crippen LogP contribution in [0.5, 0.6) is 0 Å². The average molecular weight is 211 g/mol. The van der Waals surface area contributed by atoms with Gasteiger partial charge < -0.3 is 5.73 Å². The number of Topliss-reactive ketones (excluding diaryl/α,β-unsaturated/α-hetero) is 1. The van der Waals surface area contributed by atoms with Gasteiger partial charge in [-0.25, -0.2) is 0 Å². The minimum atomic E-state index is 0.0150. The number of carbonyl (C=O) groups is 1. The van der Waals surface area contributed by atoms with Crippen molar-refractivity contribution in [2.75, 3.05) is 0 Å². The van der Waals surface area contributed by atoms with Gasteiger partial charge >= 0.3 is 0 Å². The molecule has 0 rings (SSSR count). The molecule has 0 aliphatic heterocycles. The highest BCUT2D eigenvalue weighted by Crippen LogP contribution is 2.21. The third-order valence-corrected chi connectivity index (χ3v) is 2.23. The summed E-state index contributed by atoms with van der Waals surface area (Å²) in [7, 11) is 0. The van der Waals surface area contributed by atoms with Crippen LogP contribution in [-0.4, -0.2) is 11.8 Å². The molecule has 2 N–H and O–H groups in total. The van der Waals surface area contributed by atoms with Gasteiger partial charge in [-0.05, 0) is 24.7 Å². The van der Waals surface area contributed by atoms with Gasteiger partial charge in [0, 0.05) is 18.9 Å². The molecule has 2 heteroatoms. The molecular weight excluding hydrogens is 186 g/mol. The number of ketones is 1. The fourth-order valence-electron chi connectivity index (χ4n) is 1.70. The summed E-state index contributed by atoms with van der Waals surface area (Å²) in [5, 5.41) is 0. The molecule has 0 saturated carbocycles. The summed E-state index contributed by atoms with van der Waals surface area (Å²) in [5.74, 6) is 0.286. The maximum Gasteiger partial charge on any atom is 0.134 e. The Bertz CT molecular complexity index is 203. The van der Waals surface area contributed by atoms with Crippen LogP contribution in [0.25, 0.3) is 0 Å². The molecule has 0 radical (unpaired) electrons. The molecular formula is C13H25NO. The van der Waals surface area contributed by atoms with Crippen molar-refractivity contribution in [1.29, 1.82) is 0 Å². The highest BCUT2D eigenvalue weighted by molar-refractivity contribution is 5.78. The van der Waals surface area contributed by atoms with E-state index in [0.717, 1.165) is 19.3 Å². The zero-order chi connectivity index (χ0) is 11.9. The Morgan fingerprint density at radius 3 is 2.53 bits per heavy atom. The summed E-state index contributed by atoms with van der Waals surface area (Å²) in [6.45, 7) is 10.1. The van der Waals surface area contributed by atoms with Gasteiger partial charge in [0.15, 0.2) is 0 Å². The number of hydrogen-bond donors (Lipinski definition) is 1. The quantitative estimate of drug-likeness (QED) is 0.519. The van der Waals surface area contributed by atoms with Gasteiger partial charge in [-0.15, -0.1) is 6.58 Å². The van der Waals surface area contributed by atoms with Crippen LogP contribution in [0.4, 0.5) is 0 Å². The first-order chi connectivity index (χ1) is 6.85. The average Bonchev–Trinajstić information content (AvgIpc) is 2.00. The maximum absolute atomic E-state index is 11.5. The molecule has 1 atom stereocenters. The number of rotatable bonds is 7. The molecule has 2 nitrogen and oxygen atoms in total. The van der Waals surface area contributed by atoms with Crippen molar-refractivity contribution in [3.05, 3.63) is 12.7 Å². The number of allylic oxidation sites excluding steroid dienone is 1. The molecule has 0 fully saturated rings. The molecule has 0 aliphatic rings. The summed E-state index contributed by atoms with van der Waals surface area (Å²) in [6.07, 6.45) is 5.74. The van der Waals surface area contributed by atoms with E-state index in [9.17, 15) is 4.79 Å². The summed E-state index contributed by atoms with van der Waals surface area (Å²) < 4.78 is 0. The van der Waals surface area contributed by atoms with Gasteiger partial charge in [0.25, 0.3) is 0 Å². The molecule has 0 heterocycles. The Hall–Kier alpha value is -0.630. The molecule has 0 aromatic heterocycles. The summed E-state index contributed by atoms with van der Waals surface area (Å²) in [6, 6.07) is 0.0150. The van der Waals surface area contributed by atoms with E-state index in [1.165, 1.54) is 0 Å². The first kappa shape index (κ1) is 14.4. The van der Waals surface area contributed by atoms with Crippen LogP contribution in [0.3, 0.4) is 0 Å². The fourth-order valence-corrected chi connectivity index (χ4v) is 1.70. The van der Waals surface area contributed by atoms with Gasteiger partial charge in [0.2, 0.25) is 0 Å². The topological polar surface area (TPSA) is 43.1 Å². The number of nitrogens with two attached hydrogens (primary N) is 1. The second-order valence-corrected chi connectivity index (χ2v) is 5.45. The minimum absolute atomic E-state index is 0.0150. The van der Waals surface area contributed by atoms with E-state index in [1.54, 1.807) is 0 Å². The lowest BCUT2D eigenvalue weighted by Gasteiger charge is -2.22. The molecule has 0 saturated heterocycles. The van der Waals surface area contributed by atoms with Crippen LogP contribution in [0, 0.1) is 5.41 Å². The van der Waals surface area contributed by atoms with E-state index in [-0.39, 0.29) is 17.2 Å². The SMILES string of the molecule is C=CCCCC(=O)CC(N)CC(C)(C)C. The number of hydrogen-bond acceptors (Lipinski definition) is 2. The van der Waals surface area contributed by atoms with Crippen molar-refractivity contribution in [2.45, 2.75) is 58.9 Å². The summed E-state index contributed by atoms with van der Waals surface area (Å²) in [5.41, 5.74) is 6.13. The first-order valence-electron chi connectivity index (χ1n) is 5.73. The zero-order valence-electron chi connectivity index (χ0n) is 10.4. The minimum Gasteiger partial charge on any atom is -0.327 e. The fraction of sp³-hybridized carbons (Fsp3) is 0.769. The monoisotopic (exact) mass is 211 g/mol. The Kier molecular flexibility index (Phi) is 6.50. The van der Waals surface area contributed by atoms with Crippen LogP contribution < -0.4 is 5.73 Å². The van der Waals surface area contributed by atoms with Crippen molar-refractivity contribution in [3.8, 4) is 0 Å². The molecule has 15 heavy (non-hydrogen) atoms. The van der Waals surface area contributed by atoms with Crippen molar-refractivity contribution in [1.82, 2.24) is 0 Å². The molecule has 0 aliphatic carbocycles. The van der Waals surface area contributed by atoms with E-state index < -0.39 is 0 Å². The second kappa shape index (κ2) is 6.78. The smallest absolute Gasteiger partial charge is 0.134 e. The van der Waals surface area contributed by atoms with Crippen LogP contribution >= 0.6 is 0 Å². The van der Waals surface area contributed by atoms with Crippen molar-refractivity contribution in [2.24, 2.45) is 11.1 Å². The predicted octanol–water partition coefficient (Wildman–Crippen LogP) is 3.07. The van der Waals surface area contributed by atoms with Crippen molar-refractivity contribution in [3.63, 3.8) is 0 Å². The molecule has 1 unspecified atom stereocenters. The van der Waals surface area contributed by atoms with Gasteiger partial charge in [-0.1, -0.05) is 26.8 Å². The van der Waals surface area contributed by atoms with E-state index in [1.807, 2.05) is 6.08 Å². The van der Waals surface area contributed by atoms with E-state index in [2.05, 4.69) is 27.4 Å². The highest BCUT2D eigenvalue weighted by atomic mass is 16.1. The number of unbranched alkanes of at least 4 members (excludes halogenated alkanes) is 1. The molecule has 88 valence electrons. The van der Waals surface area contributed by atoms with Gasteiger partial charge in [0.1, 0.15) is 5.78 Å². The molecule has 0 amide bonds. The van der Waals surface area contributed by atoms with Gasteiger partial charge in [-0.2, -0.15) is 0 Å². The van der Waals surface area contributed by atoms with E-state index in [4.69, 9.17) is 5.73 Å². The molecule has 0 aromatic rings. The van der Waals surface area contributed by atoms with Crippen LogP contribution in [0.2, 0.25) is 0 Å². The molecule has 0 aromatic carbocycles. The predicted molar refractivity (Wildman–Crippen MR) is 65.7 cm³/mol. The summed E-state index contributed by atoms with van der Waals surface area (Å²) >= 11 is 0. The van der Waals surface area contributed by atoms with E-state index >= 15 is 0 Å².